The number of hydrogen-bond acceptors (Lipinski definition) is 0. The van der Waals surface area contributed by atoms with E-state index < -0.39 is 0 Å². The van der Waals surface area contributed by atoms with Gasteiger partial charge in [0, 0.05) is 0 Å². The molecule has 0 saturated heterocycles. The van der Waals surface area contributed by atoms with E-state index in [1.807, 2.05) is 0 Å². The molecule has 0 saturated carbocycles. The Bertz CT molecular complexity index is 113. The van der Waals surface area contributed by atoms with Gasteiger partial charge < -0.3 is 0 Å². The Morgan fingerprint density at radius 1 is 1.00 bits per heavy atom. The molecule has 78 valence electrons. The molecule has 0 nitrogen and oxygen atoms in total. The van der Waals surface area contributed by atoms with Gasteiger partial charge in [0.15, 0.2) is 0 Å². The van der Waals surface area contributed by atoms with Crippen LogP contribution in [0.5, 0.6) is 0 Å². The minimum atomic E-state index is 0.793. The lowest BCUT2D eigenvalue weighted by Crippen LogP contribution is -1.89. The largest absolute Gasteiger partial charge is 0.0885 e. The van der Waals surface area contributed by atoms with Crippen LogP contribution in [0.2, 0.25) is 0 Å². The molecule has 0 amide bonds. The van der Waals surface area contributed by atoms with Gasteiger partial charge in [-0.1, -0.05) is 65.0 Å². The number of hydrogen-bond donors (Lipinski definition) is 0. The van der Waals surface area contributed by atoms with Gasteiger partial charge in [0.25, 0.3) is 0 Å². The van der Waals surface area contributed by atoms with Gasteiger partial charge in [-0.15, -0.1) is 0 Å². The Morgan fingerprint density at radius 3 is 2.31 bits per heavy atom. The maximum absolute atomic E-state index is 2.36. The number of allylic oxidation sites excluding steroid dienone is 2. The predicted molar refractivity (Wildman–Crippen MR) is 62.0 cm³/mol. The second-order valence-corrected chi connectivity index (χ2v) is 4.02. The molecular formula is C13H26. The normalized spacial score (nSPS) is 13.8. The second kappa shape index (κ2) is 9.83. The van der Waals surface area contributed by atoms with Gasteiger partial charge in [0.1, 0.15) is 0 Å². The standard InChI is InChI=1S/C13H26/c1-4-6-8-9-10-12-13(3)11-7-5-2/h7,11,13H,4-6,8-10,12H2,1-3H3. The zero-order chi connectivity index (χ0) is 9.94. The molecule has 1 unspecified atom stereocenters. The van der Waals surface area contributed by atoms with E-state index in [1.54, 1.807) is 0 Å². The quantitative estimate of drug-likeness (QED) is 0.368. The van der Waals surface area contributed by atoms with Crippen molar-refractivity contribution >= 4 is 0 Å². The minimum Gasteiger partial charge on any atom is -0.0885 e. The van der Waals surface area contributed by atoms with Crippen molar-refractivity contribution in [1.82, 2.24) is 0 Å². The van der Waals surface area contributed by atoms with Crippen LogP contribution in [0.4, 0.5) is 0 Å². The van der Waals surface area contributed by atoms with Gasteiger partial charge in [-0.2, -0.15) is 0 Å². The summed E-state index contributed by atoms with van der Waals surface area (Å²) >= 11 is 0. The summed E-state index contributed by atoms with van der Waals surface area (Å²) in [4.78, 5) is 0. The highest BCUT2D eigenvalue weighted by atomic mass is 14.0. The molecule has 0 heterocycles. The summed E-state index contributed by atoms with van der Waals surface area (Å²) in [6.45, 7) is 6.79. The molecule has 0 aliphatic rings. The fraction of sp³-hybridized carbons (Fsp3) is 0.846. The monoisotopic (exact) mass is 182 g/mol. The average molecular weight is 182 g/mol. The first-order valence-corrected chi connectivity index (χ1v) is 5.97. The van der Waals surface area contributed by atoms with E-state index in [9.17, 15) is 0 Å². The molecule has 0 aliphatic carbocycles. The van der Waals surface area contributed by atoms with Crippen LogP contribution in [0.1, 0.15) is 65.7 Å². The molecule has 13 heavy (non-hydrogen) atoms. The maximum Gasteiger partial charge on any atom is -0.0262 e. The van der Waals surface area contributed by atoms with E-state index in [0.717, 1.165) is 5.92 Å². The van der Waals surface area contributed by atoms with Crippen LogP contribution < -0.4 is 0 Å². The van der Waals surface area contributed by atoms with Crippen molar-refractivity contribution in [2.24, 2.45) is 5.92 Å². The number of unbranched alkanes of at least 4 members (excludes halogenated alkanes) is 4. The molecule has 0 radical (unpaired) electrons. The van der Waals surface area contributed by atoms with E-state index in [2.05, 4.69) is 32.9 Å². The second-order valence-electron chi connectivity index (χ2n) is 4.02. The van der Waals surface area contributed by atoms with Gasteiger partial charge in [-0.05, 0) is 18.8 Å². The highest BCUT2D eigenvalue weighted by Gasteiger charge is 1.95. The molecule has 0 aromatic rings. The Balaban J connectivity index is 3.16. The molecule has 0 spiro atoms. The van der Waals surface area contributed by atoms with Crippen molar-refractivity contribution < 1.29 is 0 Å². The first-order chi connectivity index (χ1) is 6.31. The Morgan fingerprint density at radius 2 is 1.69 bits per heavy atom. The van der Waals surface area contributed by atoms with Gasteiger partial charge in [0.05, 0.1) is 0 Å². The first-order valence-electron chi connectivity index (χ1n) is 5.97. The Hall–Kier alpha value is -0.260. The SMILES string of the molecule is CCC=CC(C)CCCCCCC. The lowest BCUT2D eigenvalue weighted by atomic mass is 10.0. The van der Waals surface area contributed by atoms with Crippen molar-refractivity contribution in [2.75, 3.05) is 0 Å². The third-order valence-corrected chi connectivity index (χ3v) is 2.46. The molecule has 0 aromatic heterocycles. The zero-order valence-corrected chi connectivity index (χ0v) is 9.68. The molecule has 0 N–H and O–H groups in total. The summed E-state index contributed by atoms with van der Waals surface area (Å²) in [6, 6.07) is 0. The van der Waals surface area contributed by atoms with Crippen LogP contribution in [0, 0.1) is 5.92 Å². The molecule has 1 atom stereocenters. The van der Waals surface area contributed by atoms with E-state index in [0.29, 0.717) is 0 Å². The molecule has 0 fully saturated rings. The van der Waals surface area contributed by atoms with Crippen LogP contribution >= 0.6 is 0 Å². The van der Waals surface area contributed by atoms with Gasteiger partial charge in [0.2, 0.25) is 0 Å². The summed E-state index contributed by atoms with van der Waals surface area (Å²) in [6.07, 6.45) is 14.2. The number of rotatable bonds is 8. The lowest BCUT2D eigenvalue weighted by Gasteiger charge is -2.05. The Kier molecular flexibility index (Phi) is 9.63. The smallest absolute Gasteiger partial charge is 0.0262 e. The van der Waals surface area contributed by atoms with E-state index in [-0.39, 0.29) is 0 Å². The van der Waals surface area contributed by atoms with Gasteiger partial charge >= 0.3 is 0 Å². The molecule has 0 aromatic carbocycles. The molecule has 0 heteroatoms. The summed E-state index contributed by atoms with van der Waals surface area (Å²) in [5, 5.41) is 0. The van der Waals surface area contributed by atoms with Gasteiger partial charge in [-0.25, -0.2) is 0 Å². The van der Waals surface area contributed by atoms with E-state index in [1.165, 1.54) is 44.9 Å². The molecule has 0 aliphatic heterocycles. The predicted octanol–water partition coefficient (Wildman–Crippen LogP) is 4.95. The fourth-order valence-corrected chi connectivity index (χ4v) is 1.53. The zero-order valence-electron chi connectivity index (χ0n) is 9.68. The molecule has 0 bridgehead atoms. The summed E-state index contributed by atoms with van der Waals surface area (Å²) in [5.74, 6) is 0.793. The highest BCUT2D eigenvalue weighted by Crippen LogP contribution is 2.12. The van der Waals surface area contributed by atoms with E-state index in [4.69, 9.17) is 0 Å². The summed E-state index contributed by atoms with van der Waals surface area (Å²) < 4.78 is 0. The maximum atomic E-state index is 2.36. The Labute approximate surface area is 84.4 Å². The average Bonchev–Trinajstić information content (AvgIpc) is 2.14. The topological polar surface area (TPSA) is 0 Å². The lowest BCUT2D eigenvalue weighted by molar-refractivity contribution is 0.550. The van der Waals surface area contributed by atoms with Gasteiger partial charge in [-0.3, -0.25) is 0 Å². The van der Waals surface area contributed by atoms with Crippen molar-refractivity contribution in [1.29, 1.82) is 0 Å². The van der Waals surface area contributed by atoms with E-state index >= 15 is 0 Å². The third kappa shape index (κ3) is 9.66. The molecule has 0 rings (SSSR count). The summed E-state index contributed by atoms with van der Waals surface area (Å²) in [5.41, 5.74) is 0. The van der Waals surface area contributed by atoms with Crippen LogP contribution in [-0.4, -0.2) is 0 Å². The highest BCUT2D eigenvalue weighted by molar-refractivity contribution is 4.84. The third-order valence-electron chi connectivity index (χ3n) is 2.46. The van der Waals surface area contributed by atoms with Crippen molar-refractivity contribution in [3.63, 3.8) is 0 Å². The van der Waals surface area contributed by atoms with Crippen molar-refractivity contribution in [2.45, 2.75) is 65.7 Å². The van der Waals surface area contributed by atoms with Crippen LogP contribution in [0.3, 0.4) is 0 Å². The van der Waals surface area contributed by atoms with Crippen molar-refractivity contribution in [3.05, 3.63) is 12.2 Å². The molecular weight excluding hydrogens is 156 g/mol. The van der Waals surface area contributed by atoms with Crippen LogP contribution in [-0.2, 0) is 0 Å². The minimum absolute atomic E-state index is 0.793. The van der Waals surface area contributed by atoms with Crippen LogP contribution in [0.15, 0.2) is 12.2 Å². The van der Waals surface area contributed by atoms with Crippen molar-refractivity contribution in [3.8, 4) is 0 Å². The first kappa shape index (κ1) is 12.7. The fourth-order valence-electron chi connectivity index (χ4n) is 1.53. The summed E-state index contributed by atoms with van der Waals surface area (Å²) in [7, 11) is 0. The van der Waals surface area contributed by atoms with Crippen LogP contribution in [0.25, 0.3) is 0 Å².